The molecule has 0 aliphatic rings. The van der Waals surface area contributed by atoms with Crippen molar-refractivity contribution in [2.75, 3.05) is 12.3 Å². The van der Waals surface area contributed by atoms with Crippen LogP contribution < -0.4 is 11.1 Å². The van der Waals surface area contributed by atoms with Crippen LogP contribution in [-0.4, -0.2) is 31.5 Å². The predicted octanol–water partition coefficient (Wildman–Crippen LogP) is 6.28. The predicted molar refractivity (Wildman–Crippen MR) is 169 cm³/mol. The number of halogens is 1. The number of terminal acetylenes is 1. The molecule has 4 aromatic heterocycles. The van der Waals surface area contributed by atoms with Crippen molar-refractivity contribution >= 4 is 22.4 Å². The van der Waals surface area contributed by atoms with Crippen LogP contribution in [0.25, 0.3) is 28.0 Å². The fraction of sp³-hybridized carbons (Fsp3) is 0.118. The number of H-pyrrole nitrogens is 1. The lowest BCUT2D eigenvalue weighted by atomic mass is 10.0. The van der Waals surface area contributed by atoms with Gasteiger partial charge in [-0.15, -0.1) is 12.8 Å². The van der Waals surface area contributed by atoms with E-state index < -0.39 is 5.82 Å². The number of nitrogen functional groups attached to an aromatic ring is 1. The standard InChI is InChI=1S/C32H30FN7.C2H2/c1-3-21(18-35-19-22-10-6-5-7-11-22)16-23(4-2)30-29(33)25(26(34)20-38-30)17-28-39-31-24(13-15-37-32(31)40-28)27-12-8-9-14-36-27;1-2/h3-16,20,35H,1,17-19,34H2,2H3,(H,37,39,40);1-2H/b21-16+,23-4+;. The molecule has 1 aromatic carbocycles. The van der Waals surface area contributed by atoms with Crippen molar-refractivity contribution in [1.82, 2.24) is 30.2 Å². The van der Waals surface area contributed by atoms with Gasteiger partial charge in [0.15, 0.2) is 11.5 Å². The lowest BCUT2D eigenvalue weighted by Gasteiger charge is -2.12. The summed E-state index contributed by atoms with van der Waals surface area (Å²) in [5.41, 5.74) is 12.7. The Hall–Kier alpha value is -5.39. The van der Waals surface area contributed by atoms with Gasteiger partial charge in [-0.2, -0.15) is 0 Å². The van der Waals surface area contributed by atoms with Crippen LogP contribution in [0, 0.1) is 18.7 Å². The number of nitrogens with two attached hydrogens (primary N) is 1. The second-order valence-electron chi connectivity index (χ2n) is 9.24. The summed E-state index contributed by atoms with van der Waals surface area (Å²) >= 11 is 0. The van der Waals surface area contributed by atoms with E-state index in [1.807, 2.05) is 61.5 Å². The van der Waals surface area contributed by atoms with Crippen LogP contribution in [-0.2, 0) is 13.0 Å². The van der Waals surface area contributed by atoms with Gasteiger partial charge in [0.2, 0.25) is 0 Å². The molecule has 0 bridgehead atoms. The van der Waals surface area contributed by atoms with Gasteiger partial charge in [-0.05, 0) is 47.9 Å². The number of pyridine rings is 3. The lowest BCUT2D eigenvalue weighted by molar-refractivity contribution is 0.603. The molecule has 0 saturated carbocycles. The number of nitrogens with one attached hydrogen (secondary N) is 2. The van der Waals surface area contributed by atoms with E-state index in [-0.39, 0.29) is 17.8 Å². The van der Waals surface area contributed by atoms with E-state index in [0.29, 0.717) is 35.7 Å². The van der Waals surface area contributed by atoms with E-state index in [2.05, 4.69) is 61.8 Å². The minimum atomic E-state index is -0.483. The fourth-order valence-electron chi connectivity index (χ4n) is 4.48. The highest BCUT2D eigenvalue weighted by molar-refractivity contribution is 5.88. The average Bonchev–Trinajstić information content (AvgIpc) is 3.46. The molecule has 210 valence electrons. The summed E-state index contributed by atoms with van der Waals surface area (Å²) in [6.45, 7) is 7.07. The van der Waals surface area contributed by atoms with Crippen molar-refractivity contribution in [3.05, 3.63) is 132 Å². The molecule has 0 atom stereocenters. The number of aromatic amines is 1. The van der Waals surface area contributed by atoms with Gasteiger partial charge in [0.1, 0.15) is 11.5 Å². The van der Waals surface area contributed by atoms with Crippen molar-refractivity contribution < 1.29 is 4.39 Å². The van der Waals surface area contributed by atoms with E-state index in [9.17, 15) is 0 Å². The molecule has 0 saturated heterocycles. The molecule has 7 nitrogen and oxygen atoms in total. The van der Waals surface area contributed by atoms with Gasteiger partial charge in [-0.3, -0.25) is 9.97 Å². The van der Waals surface area contributed by atoms with Crippen LogP contribution in [0.2, 0.25) is 0 Å². The zero-order valence-corrected chi connectivity index (χ0v) is 23.4. The second-order valence-corrected chi connectivity index (χ2v) is 9.24. The third-order valence-corrected chi connectivity index (χ3v) is 6.57. The highest BCUT2D eigenvalue weighted by Gasteiger charge is 2.19. The van der Waals surface area contributed by atoms with Crippen LogP contribution in [0.5, 0.6) is 0 Å². The molecule has 0 amide bonds. The Kier molecular flexibility index (Phi) is 10.1. The van der Waals surface area contributed by atoms with E-state index >= 15 is 4.39 Å². The molecule has 0 aliphatic carbocycles. The first-order valence-corrected chi connectivity index (χ1v) is 13.3. The Morgan fingerprint density at radius 3 is 2.55 bits per heavy atom. The van der Waals surface area contributed by atoms with Crippen LogP contribution in [0.1, 0.15) is 29.6 Å². The average molecular weight is 558 g/mol. The van der Waals surface area contributed by atoms with Crippen molar-refractivity contribution in [2.45, 2.75) is 19.9 Å². The third kappa shape index (κ3) is 6.84. The number of hydrogen-bond acceptors (Lipinski definition) is 6. The molecule has 5 aromatic rings. The number of imidazole rings is 1. The maximum Gasteiger partial charge on any atom is 0.178 e. The number of allylic oxidation sites excluding steroid dienone is 3. The zero-order chi connectivity index (χ0) is 29.9. The molecular weight excluding hydrogens is 525 g/mol. The van der Waals surface area contributed by atoms with Gasteiger partial charge >= 0.3 is 0 Å². The number of rotatable bonds is 10. The lowest BCUT2D eigenvalue weighted by Crippen LogP contribution is -2.16. The monoisotopic (exact) mass is 557 g/mol. The molecule has 0 unspecified atom stereocenters. The second kappa shape index (κ2) is 14.3. The summed E-state index contributed by atoms with van der Waals surface area (Å²) < 4.78 is 16.0. The zero-order valence-electron chi connectivity index (χ0n) is 23.4. The van der Waals surface area contributed by atoms with Gasteiger partial charge in [-0.25, -0.2) is 14.4 Å². The molecule has 4 heterocycles. The topological polar surface area (TPSA) is 105 Å². The third-order valence-electron chi connectivity index (χ3n) is 6.57. The highest BCUT2D eigenvalue weighted by Crippen LogP contribution is 2.28. The normalized spacial score (nSPS) is 11.6. The van der Waals surface area contributed by atoms with Gasteiger partial charge in [0.25, 0.3) is 0 Å². The molecule has 0 spiro atoms. The molecule has 8 heteroatoms. The number of fused-ring (bicyclic) bond motifs is 1. The summed E-state index contributed by atoms with van der Waals surface area (Å²) in [5, 5.41) is 3.41. The van der Waals surface area contributed by atoms with Gasteiger partial charge in [0.05, 0.1) is 23.1 Å². The summed E-state index contributed by atoms with van der Waals surface area (Å²) in [4.78, 5) is 21.1. The first-order valence-electron chi connectivity index (χ1n) is 13.3. The Bertz CT molecular complexity index is 1740. The number of benzene rings is 1. The number of nitrogens with zero attached hydrogens (tertiary/aromatic N) is 4. The molecular formula is C34H32FN7. The minimum Gasteiger partial charge on any atom is -0.397 e. The van der Waals surface area contributed by atoms with E-state index in [1.165, 1.54) is 11.8 Å². The molecule has 0 fully saturated rings. The van der Waals surface area contributed by atoms with Crippen molar-refractivity contribution in [3.63, 3.8) is 0 Å². The molecule has 4 N–H and O–H groups in total. The largest absolute Gasteiger partial charge is 0.397 e. The van der Waals surface area contributed by atoms with Gasteiger partial charge in [0, 0.05) is 43.0 Å². The smallest absolute Gasteiger partial charge is 0.178 e. The SMILES string of the molecule is C#C.C=C/C(=C\C(=C/C)c1ncc(N)c(Cc2nc3nccc(-c4ccccn4)c3[nH]2)c1F)CNCc1ccccc1. The van der Waals surface area contributed by atoms with Crippen LogP contribution in [0.15, 0.2) is 104 Å². The molecule has 42 heavy (non-hydrogen) atoms. The molecule has 0 aliphatic heterocycles. The van der Waals surface area contributed by atoms with Crippen molar-refractivity contribution in [1.29, 1.82) is 0 Å². The van der Waals surface area contributed by atoms with Crippen molar-refractivity contribution in [2.24, 2.45) is 0 Å². The van der Waals surface area contributed by atoms with E-state index in [4.69, 9.17) is 5.73 Å². The summed E-state index contributed by atoms with van der Waals surface area (Å²) in [6.07, 6.45) is 18.5. The summed E-state index contributed by atoms with van der Waals surface area (Å²) in [7, 11) is 0. The summed E-state index contributed by atoms with van der Waals surface area (Å²) in [6, 6.07) is 17.7. The first-order chi connectivity index (χ1) is 20.6. The first kappa shape index (κ1) is 29.6. The Balaban J connectivity index is 0.00000198. The fourth-order valence-corrected chi connectivity index (χ4v) is 4.48. The molecule has 0 radical (unpaired) electrons. The summed E-state index contributed by atoms with van der Waals surface area (Å²) in [5.74, 6) is 0.0615. The van der Waals surface area contributed by atoms with E-state index in [0.717, 1.165) is 22.3 Å². The number of hydrogen-bond donors (Lipinski definition) is 3. The maximum atomic E-state index is 16.0. The highest BCUT2D eigenvalue weighted by atomic mass is 19.1. The molecule has 5 rings (SSSR count). The van der Waals surface area contributed by atoms with Crippen LogP contribution in [0.4, 0.5) is 10.1 Å². The van der Waals surface area contributed by atoms with Crippen LogP contribution >= 0.6 is 0 Å². The van der Waals surface area contributed by atoms with Gasteiger partial charge in [-0.1, -0.05) is 55.1 Å². The van der Waals surface area contributed by atoms with Gasteiger partial charge < -0.3 is 16.0 Å². The Morgan fingerprint density at radius 1 is 1.05 bits per heavy atom. The van der Waals surface area contributed by atoms with E-state index in [1.54, 1.807) is 18.5 Å². The Morgan fingerprint density at radius 2 is 1.83 bits per heavy atom. The van der Waals surface area contributed by atoms with Crippen molar-refractivity contribution in [3.8, 4) is 24.1 Å². The quantitative estimate of drug-likeness (QED) is 0.138. The maximum absolute atomic E-state index is 16.0. The Labute approximate surface area is 245 Å². The number of aromatic nitrogens is 5. The van der Waals surface area contributed by atoms with Crippen LogP contribution in [0.3, 0.4) is 0 Å². The minimum absolute atomic E-state index is 0.152. The number of anilines is 1.